The molecule has 2 aromatic rings. The second-order valence-corrected chi connectivity index (χ2v) is 7.15. The molecule has 27 heavy (non-hydrogen) atoms. The Morgan fingerprint density at radius 3 is 2.81 bits per heavy atom. The van der Waals surface area contributed by atoms with E-state index in [0.717, 1.165) is 23.3 Å². The van der Waals surface area contributed by atoms with Gasteiger partial charge >= 0.3 is 0 Å². The number of nitrogens with zero attached hydrogens (tertiary/aromatic N) is 2. The fourth-order valence-electron chi connectivity index (χ4n) is 3.26. The number of non-ortho nitro benzene ring substituents is 1. The van der Waals surface area contributed by atoms with Crippen molar-refractivity contribution >= 4 is 11.6 Å². The van der Waals surface area contributed by atoms with Gasteiger partial charge in [-0.1, -0.05) is 30.3 Å². The second kappa shape index (κ2) is 7.65. The molecule has 1 heterocycles. The average Bonchev–Trinajstić information content (AvgIpc) is 2.64. The zero-order valence-corrected chi connectivity index (χ0v) is 15.7. The molecule has 1 aliphatic rings. The number of hydrogen-bond acceptors (Lipinski definition) is 4. The minimum atomic E-state index is -0.391. The minimum Gasteiger partial charge on any atom is -0.487 e. The standard InChI is InChI=1S/C20H24N4O3/c1-20(2)12-17(16-9-4-5-10-18(16)27-20)23-19(21-3)22-13-14-7-6-8-15(11-14)24(25)26/h4-11,17H,12-13H2,1-3H3,(H2,21,22,23). The summed E-state index contributed by atoms with van der Waals surface area (Å²) < 4.78 is 6.07. The molecule has 0 amide bonds. The van der Waals surface area contributed by atoms with Crippen LogP contribution in [0.15, 0.2) is 53.5 Å². The number of nitro benzene ring substituents is 1. The topological polar surface area (TPSA) is 88.8 Å². The highest BCUT2D eigenvalue weighted by molar-refractivity contribution is 5.80. The summed E-state index contributed by atoms with van der Waals surface area (Å²) >= 11 is 0. The maximum Gasteiger partial charge on any atom is 0.269 e. The average molecular weight is 368 g/mol. The number of para-hydroxylation sites is 1. The molecule has 0 fully saturated rings. The number of benzene rings is 2. The molecule has 0 radical (unpaired) electrons. The highest BCUT2D eigenvalue weighted by Crippen LogP contribution is 2.39. The number of rotatable bonds is 4. The summed E-state index contributed by atoms with van der Waals surface area (Å²) in [6.45, 7) is 4.57. The Morgan fingerprint density at radius 2 is 2.07 bits per heavy atom. The molecule has 0 saturated heterocycles. The van der Waals surface area contributed by atoms with Crippen molar-refractivity contribution in [3.63, 3.8) is 0 Å². The SMILES string of the molecule is CN=C(NCc1cccc([N+](=O)[O-])c1)NC1CC(C)(C)Oc2ccccc21. The molecule has 0 aliphatic carbocycles. The molecule has 7 heteroatoms. The maximum atomic E-state index is 10.9. The van der Waals surface area contributed by atoms with Crippen molar-refractivity contribution in [3.05, 3.63) is 69.8 Å². The van der Waals surface area contributed by atoms with Gasteiger partial charge in [0.25, 0.3) is 5.69 Å². The minimum absolute atomic E-state index is 0.0567. The molecule has 1 unspecified atom stereocenters. The summed E-state index contributed by atoms with van der Waals surface area (Å²) in [4.78, 5) is 14.8. The highest BCUT2D eigenvalue weighted by Gasteiger charge is 2.33. The number of hydrogen-bond donors (Lipinski definition) is 2. The van der Waals surface area contributed by atoms with Crippen LogP contribution in [0.25, 0.3) is 0 Å². The predicted molar refractivity (Wildman–Crippen MR) is 105 cm³/mol. The van der Waals surface area contributed by atoms with Crippen molar-refractivity contribution in [2.45, 2.75) is 38.5 Å². The third-order valence-electron chi connectivity index (χ3n) is 4.49. The molecule has 7 nitrogen and oxygen atoms in total. The monoisotopic (exact) mass is 368 g/mol. The number of fused-ring (bicyclic) bond motifs is 1. The van der Waals surface area contributed by atoms with E-state index >= 15 is 0 Å². The van der Waals surface area contributed by atoms with Gasteiger partial charge in [0.1, 0.15) is 11.4 Å². The van der Waals surface area contributed by atoms with Gasteiger partial charge in [-0.3, -0.25) is 15.1 Å². The van der Waals surface area contributed by atoms with Crippen LogP contribution in [0.1, 0.15) is 37.4 Å². The lowest BCUT2D eigenvalue weighted by molar-refractivity contribution is -0.384. The summed E-state index contributed by atoms with van der Waals surface area (Å²) in [5, 5.41) is 17.6. The van der Waals surface area contributed by atoms with Gasteiger partial charge in [0.15, 0.2) is 5.96 Å². The maximum absolute atomic E-state index is 10.9. The van der Waals surface area contributed by atoms with Crippen LogP contribution in [0.2, 0.25) is 0 Å². The normalized spacial score (nSPS) is 18.2. The molecular weight excluding hydrogens is 344 g/mol. The van der Waals surface area contributed by atoms with E-state index in [1.165, 1.54) is 6.07 Å². The van der Waals surface area contributed by atoms with Gasteiger partial charge in [0.2, 0.25) is 0 Å². The first-order chi connectivity index (χ1) is 12.9. The summed E-state index contributed by atoms with van der Waals surface area (Å²) in [5.41, 5.74) is 1.71. The number of aliphatic imine (C=N–C) groups is 1. The molecule has 1 aliphatic heterocycles. The molecule has 0 saturated carbocycles. The van der Waals surface area contributed by atoms with Crippen molar-refractivity contribution in [1.82, 2.24) is 10.6 Å². The zero-order valence-electron chi connectivity index (χ0n) is 15.7. The molecular formula is C20H24N4O3. The van der Waals surface area contributed by atoms with Crippen molar-refractivity contribution < 1.29 is 9.66 Å². The van der Waals surface area contributed by atoms with Gasteiger partial charge < -0.3 is 15.4 Å². The van der Waals surface area contributed by atoms with E-state index < -0.39 is 4.92 Å². The quantitative estimate of drug-likeness (QED) is 0.373. The van der Waals surface area contributed by atoms with E-state index in [-0.39, 0.29) is 17.3 Å². The Hall–Kier alpha value is -3.09. The van der Waals surface area contributed by atoms with Crippen molar-refractivity contribution in [2.24, 2.45) is 4.99 Å². The van der Waals surface area contributed by atoms with Gasteiger partial charge in [0.05, 0.1) is 11.0 Å². The van der Waals surface area contributed by atoms with Gasteiger partial charge in [-0.05, 0) is 25.5 Å². The Kier molecular flexibility index (Phi) is 5.30. The van der Waals surface area contributed by atoms with Crippen LogP contribution < -0.4 is 15.4 Å². The number of nitrogens with one attached hydrogen (secondary N) is 2. The lowest BCUT2D eigenvalue weighted by atomic mass is 9.90. The van der Waals surface area contributed by atoms with Crippen molar-refractivity contribution in [2.75, 3.05) is 7.05 Å². The number of ether oxygens (including phenoxy) is 1. The lowest BCUT2D eigenvalue weighted by Gasteiger charge is -2.38. The molecule has 3 rings (SSSR count). The summed E-state index contributed by atoms with van der Waals surface area (Å²) in [6, 6.07) is 14.6. The smallest absolute Gasteiger partial charge is 0.269 e. The van der Waals surface area contributed by atoms with Crippen LogP contribution in [0.5, 0.6) is 5.75 Å². The summed E-state index contributed by atoms with van der Waals surface area (Å²) in [6.07, 6.45) is 0.793. The first kappa shape index (κ1) is 18.7. The number of nitro groups is 1. The predicted octanol–water partition coefficient (Wildman–Crippen LogP) is 3.56. The van der Waals surface area contributed by atoms with Gasteiger partial charge in [0, 0.05) is 37.7 Å². The molecule has 0 aromatic heterocycles. The number of guanidine groups is 1. The van der Waals surface area contributed by atoms with Crippen LogP contribution in [-0.2, 0) is 6.54 Å². The Labute approximate surface area is 158 Å². The van der Waals surface area contributed by atoms with E-state index in [0.29, 0.717) is 12.5 Å². The van der Waals surface area contributed by atoms with Crippen LogP contribution in [0.4, 0.5) is 5.69 Å². The summed E-state index contributed by atoms with van der Waals surface area (Å²) in [7, 11) is 1.71. The van der Waals surface area contributed by atoms with Gasteiger partial charge in [-0.25, -0.2) is 0 Å². The fourth-order valence-corrected chi connectivity index (χ4v) is 3.26. The molecule has 0 bridgehead atoms. The van der Waals surface area contributed by atoms with Gasteiger partial charge in [-0.15, -0.1) is 0 Å². The molecule has 142 valence electrons. The molecule has 1 atom stereocenters. The van der Waals surface area contributed by atoms with E-state index in [2.05, 4.69) is 35.5 Å². The fraction of sp³-hybridized carbons (Fsp3) is 0.350. The van der Waals surface area contributed by atoms with E-state index in [4.69, 9.17) is 4.74 Å². The third-order valence-corrected chi connectivity index (χ3v) is 4.49. The Bertz CT molecular complexity index is 864. The first-order valence-electron chi connectivity index (χ1n) is 8.86. The summed E-state index contributed by atoms with van der Waals surface area (Å²) in [5.74, 6) is 1.51. The molecule has 0 spiro atoms. The Morgan fingerprint density at radius 1 is 1.30 bits per heavy atom. The first-order valence-corrected chi connectivity index (χ1v) is 8.86. The highest BCUT2D eigenvalue weighted by atomic mass is 16.6. The zero-order chi connectivity index (χ0) is 19.4. The second-order valence-electron chi connectivity index (χ2n) is 7.15. The van der Waals surface area contributed by atoms with Crippen molar-refractivity contribution in [1.29, 1.82) is 0 Å². The third kappa shape index (κ3) is 4.55. The van der Waals surface area contributed by atoms with Crippen LogP contribution in [0.3, 0.4) is 0 Å². The lowest BCUT2D eigenvalue weighted by Crippen LogP contribution is -2.45. The molecule has 2 N–H and O–H groups in total. The van der Waals surface area contributed by atoms with E-state index in [1.54, 1.807) is 19.2 Å². The van der Waals surface area contributed by atoms with E-state index in [1.807, 2.05) is 24.3 Å². The van der Waals surface area contributed by atoms with Gasteiger partial charge in [-0.2, -0.15) is 0 Å². The molecule has 2 aromatic carbocycles. The van der Waals surface area contributed by atoms with Crippen LogP contribution in [-0.4, -0.2) is 23.5 Å². The van der Waals surface area contributed by atoms with Crippen LogP contribution in [0, 0.1) is 10.1 Å². The largest absolute Gasteiger partial charge is 0.487 e. The van der Waals surface area contributed by atoms with Crippen molar-refractivity contribution in [3.8, 4) is 5.75 Å². The Balaban J connectivity index is 1.71. The van der Waals surface area contributed by atoms with Crippen LogP contribution >= 0.6 is 0 Å². The van der Waals surface area contributed by atoms with E-state index in [9.17, 15) is 10.1 Å².